The normalized spacial score (nSPS) is 22.1. The van der Waals surface area contributed by atoms with Crippen LogP contribution in [0.25, 0.3) is 0 Å². The van der Waals surface area contributed by atoms with E-state index in [1.54, 1.807) is 12.1 Å². The Kier molecular flexibility index (Phi) is 2.14. The molecular weight excluding hydrogens is 190 g/mol. The van der Waals surface area contributed by atoms with Crippen LogP contribution in [0.3, 0.4) is 0 Å². The summed E-state index contributed by atoms with van der Waals surface area (Å²) >= 11 is 0. The summed E-state index contributed by atoms with van der Waals surface area (Å²) in [6, 6.07) is 3.61. The van der Waals surface area contributed by atoms with E-state index in [2.05, 4.69) is 24.1 Å². The van der Waals surface area contributed by atoms with Gasteiger partial charge in [0.2, 0.25) is 0 Å². The Bertz CT molecular complexity index is 383. The summed E-state index contributed by atoms with van der Waals surface area (Å²) in [5.74, 6) is 0.358. The molecule has 4 heteroatoms. The number of rotatable bonds is 2. The lowest BCUT2D eigenvalue weighted by molar-refractivity contribution is 0.0946. The van der Waals surface area contributed by atoms with Gasteiger partial charge < -0.3 is 11.1 Å². The molecule has 0 saturated heterocycles. The molecule has 1 aliphatic rings. The number of hydrogen-bond donors (Lipinski definition) is 2. The summed E-state index contributed by atoms with van der Waals surface area (Å²) in [6.07, 6.45) is 2.54. The third-order valence-electron chi connectivity index (χ3n) is 2.87. The predicted octanol–water partition coefficient (Wildman–Crippen LogP) is 1.19. The molecule has 1 aliphatic carbocycles. The fourth-order valence-electron chi connectivity index (χ4n) is 1.49. The number of nitrogens with two attached hydrogens (primary N) is 1. The van der Waals surface area contributed by atoms with Crippen molar-refractivity contribution in [3.8, 4) is 0 Å². The molecule has 80 valence electrons. The molecule has 0 aromatic carbocycles. The van der Waals surface area contributed by atoms with Crippen molar-refractivity contribution >= 4 is 11.7 Å². The van der Waals surface area contributed by atoms with Gasteiger partial charge in [-0.3, -0.25) is 4.79 Å². The first-order valence-corrected chi connectivity index (χ1v) is 5.01. The van der Waals surface area contributed by atoms with E-state index in [1.807, 2.05) is 0 Å². The number of hydrogen-bond acceptors (Lipinski definition) is 3. The van der Waals surface area contributed by atoms with E-state index in [0.717, 1.165) is 6.42 Å². The van der Waals surface area contributed by atoms with Crippen LogP contribution in [0.5, 0.6) is 0 Å². The van der Waals surface area contributed by atoms with Gasteiger partial charge in [0.1, 0.15) is 5.82 Å². The number of carbonyl (C=O) groups excluding carboxylic acids is 1. The molecule has 3 N–H and O–H groups in total. The number of anilines is 1. The maximum absolute atomic E-state index is 11.7. The number of pyridine rings is 1. The van der Waals surface area contributed by atoms with Crippen molar-refractivity contribution in [2.24, 2.45) is 5.41 Å². The second kappa shape index (κ2) is 3.22. The number of nitrogens with one attached hydrogen (secondary N) is 1. The van der Waals surface area contributed by atoms with Crippen molar-refractivity contribution in [3.63, 3.8) is 0 Å². The molecule has 1 aromatic heterocycles. The molecule has 4 nitrogen and oxygen atoms in total. The third-order valence-corrected chi connectivity index (χ3v) is 2.87. The lowest BCUT2D eigenvalue weighted by Crippen LogP contribution is -2.28. The van der Waals surface area contributed by atoms with E-state index in [1.165, 1.54) is 6.20 Å². The van der Waals surface area contributed by atoms with Crippen LogP contribution in [-0.2, 0) is 0 Å². The Morgan fingerprint density at radius 3 is 2.73 bits per heavy atom. The smallest absolute Gasteiger partial charge is 0.253 e. The van der Waals surface area contributed by atoms with Gasteiger partial charge >= 0.3 is 0 Å². The van der Waals surface area contributed by atoms with Crippen LogP contribution >= 0.6 is 0 Å². The highest BCUT2D eigenvalue weighted by Crippen LogP contribution is 2.44. The first-order valence-electron chi connectivity index (χ1n) is 5.01. The number of aromatic nitrogens is 1. The van der Waals surface area contributed by atoms with Crippen LogP contribution in [0.1, 0.15) is 30.6 Å². The summed E-state index contributed by atoms with van der Waals surface area (Å²) in [5.41, 5.74) is 6.25. The van der Waals surface area contributed by atoms with Crippen molar-refractivity contribution in [2.75, 3.05) is 5.73 Å². The first-order chi connectivity index (χ1) is 6.99. The maximum Gasteiger partial charge on any atom is 0.253 e. The van der Waals surface area contributed by atoms with Gasteiger partial charge in [0.25, 0.3) is 5.91 Å². The predicted molar refractivity (Wildman–Crippen MR) is 58.3 cm³/mol. The average Bonchev–Trinajstić information content (AvgIpc) is 2.74. The zero-order chi connectivity index (χ0) is 11.1. The zero-order valence-corrected chi connectivity index (χ0v) is 8.95. The van der Waals surface area contributed by atoms with Crippen molar-refractivity contribution in [1.29, 1.82) is 0 Å². The molecular formula is C11H15N3O. The van der Waals surface area contributed by atoms with Gasteiger partial charge in [-0.15, -0.1) is 0 Å². The highest BCUT2D eigenvalue weighted by Gasteiger charge is 2.46. The molecule has 1 saturated carbocycles. The van der Waals surface area contributed by atoms with Crippen LogP contribution in [-0.4, -0.2) is 16.9 Å². The third kappa shape index (κ3) is 2.09. The number of nitrogens with zero attached hydrogens (tertiary/aromatic N) is 1. The van der Waals surface area contributed by atoms with E-state index in [4.69, 9.17) is 5.73 Å². The molecule has 1 unspecified atom stereocenters. The minimum atomic E-state index is -0.0712. The number of carbonyl (C=O) groups is 1. The summed E-state index contributed by atoms with van der Waals surface area (Å²) in [5, 5.41) is 2.96. The van der Waals surface area contributed by atoms with Gasteiger partial charge in [0.05, 0.1) is 5.56 Å². The average molecular weight is 205 g/mol. The number of nitrogen functional groups attached to an aromatic ring is 1. The van der Waals surface area contributed by atoms with Crippen molar-refractivity contribution in [1.82, 2.24) is 10.3 Å². The minimum Gasteiger partial charge on any atom is -0.384 e. The second-order valence-corrected chi connectivity index (χ2v) is 4.69. The molecule has 1 amide bonds. The van der Waals surface area contributed by atoms with E-state index >= 15 is 0 Å². The van der Waals surface area contributed by atoms with Crippen LogP contribution < -0.4 is 11.1 Å². The van der Waals surface area contributed by atoms with Gasteiger partial charge in [-0.25, -0.2) is 4.98 Å². The van der Waals surface area contributed by atoms with Crippen molar-refractivity contribution in [3.05, 3.63) is 23.9 Å². The van der Waals surface area contributed by atoms with Crippen molar-refractivity contribution < 1.29 is 4.79 Å². The fraction of sp³-hybridized carbons (Fsp3) is 0.455. The monoisotopic (exact) mass is 205 g/mol. The van der Waals surface area contributed by atoms with Crippen LogP contribution in [0.4, 0.5) is 5.82 Å². The highest BCUT2D eigenvalue weighted by molar-refractivity contribution is 5.94. The molecule has 0 aliphatic heterocycles. The SMILES string of the molecule is CC1(C)CC1NC(=O)c1ccc(N)nc1. The van der Waals surface area contributed by atoms with E-state index in [0.29, 0.717) is 17.4 Å². The standard InChI is InChI=1S/C11H15N3O/c1-11(2)5-8(11)14-10(15)7-3-4-9(12)13-6-7/h3-4,6,8H,5H2,1-2H3,(H2,12,13)(H,14,15). The molecule has 1 aromatic rings. The Morgan fingerprint density at radius 2 is 2.27 bits per heavy atom. The Morgan fingerprint density at radius 1 is 1.60 bits per heavy atom. The summed E-state index contributed by atoms with van der Waals surface area (Å²) in [6.45, 7) is 4.28. The molecule has 1 heterocycles. The molecule has 2 rings (SSSR count). The topological polar surface area (TPSA) is 68.0 Å². The fourth-order valence-corrected chi connectivity index (χ4v) is 1.49. The molecule has 0 radical (unpaired) electrons. The Labute approximate surface area is 88.9 Å². The lowest BCUT2D eigenvalue weighted by atomic mass is 10.2. The number of amides is 1. The summed E-state index contributed by atoms with van der Waals surface area (Å²) < 4.78 is 0. The maximum atomic E-state index is 11.7. The largest absolute Gasteiger partial charge is 0.384 e. The summed E-state index contributed by atoms with van der Waals surface area (Å²) in [7, 11) is 0. The van der Waals surface area contributed by atoms with Crippen LogP contribution in [0.15, 0.2) is 18.3 Å². The van der Waals surface area contributed by atoms with Crippen LogP contribution in [0, 0.1) is 5.41 Å². The highest BCUT2D eigenvalue weighted by atomic mass is 16.1. The summed E-state index contributed by atoms with van der Waals surface area (Å²) in [4.78, 5) is 15.6. The van der Waals surface area contributed by atoms with Gasteiger partial charge in [0.15, 0.2) is 0 Å². The van der Waals surface area contributed by atoms with Gasteiger partial charge in [-0.2, -0.15) is 0 Å². The Hall–Kier alpha value is -1.58. The molecule has 0 bridgehead atoms. The quantitative estimate of drug-likeness (QED) is 0.762. The molecule has 1 atom stereocenters. The zero-order valence-electron chi connectivity index (χ0n) is 8.95. The lowest BCUT2D eigenvalue weighted by Gasteiger charge is -2.06. The van der Waals surface area contributed by atoms with Gasteiger partial charge in [0, 0.05) is 12.2 Å². The van der Waals surface area contributed by atoms with Gasteiger partial charge in [-0.05, 0) is 24.0 Å². The van der Waals surface area contributed by atoms with E-state index < -0.39 is 0 Å². The van der Waals surface area contributed by atoms with Crippen molar-refractivity contribution in [2.45, 2.75) is 26.3 Å². The Balaban J connectivity index is 2.00. The van der Waals surface area contributed by atoms with E-state index in [9.17, 15) is 4.79 Å². The first kappa shape index (κ1) is 9.96. The molecule has 1 fully saturated rings. The second-order valence-electron chi connectivity index (χ2n) is 4.69. The van der Waals surface area contributed by atoms with E-state index in [-0.39, 0.29) is 11.3 Å². The minimum absolute atomic E-state index is 0.0712. The van der Waals surface area contributed by atoms with Crippen LogP contribution in [0.2, 0.25) is 0 Å². The van der Waals surface area contributed by atoms with Gasteiger partial charge in [-0.1, -0.05) is 13.8 Å². The molecule has 0 spiro atoms. The molecule has 15 heavy (non-hydrogen) atoms.